The highest BCUT2D eigenvalue weighted by Crippen LogP contribution is 2.37. The van der Waals surface area contributed by atoms with Gasteiger partial charge in [-0.05, 0) is 50.1 Å². The number of amides is 1. The third kappa shape index (κ3) is 8.76. The second-order valence-corrected chi connectivity index (χ2v) is 12.1. The molecule has 1 saturated heterocycles. The number of rotatable bonds is 17. The van der Waals surface area contributed by atoms with E-state index in [2.05, 4.69) is 0 Å². The average molecular weight is 637 g/mol. The lowest BCUT2D eigenvalue weighted by Gasteiger charge is -2.14. The average Bonchev–Trinajstić information content (AvgIpc) is 3.54. The molecule has 1 aromatic heterocycles. The Bertz CT molecular complexity index is 1520. The Morgan fingerprint density at radius 3 is 2.41 bits per heavy atom. The fraction of sp³-hybridized carbons (Fsp3) is 0.375. The fourth-order valence-electron chi connectivity index (χ4n) is 4.96. The molecule has 2 aromatic carbocycles. The third-order valence-corrected chi connectivity index (χ3v) is 8.55. The van der Waals surface area contributed by atoms with E-state index in [9.17, 15) is 19.7 Å². The van der Waals surface area contributed by atoms with Gasteiger partial charge in [-0.2, -0.15) is 5.10 Å². The number of unbranched alkanes of at least 4 members (excludes halogenated alkanes) is 7. The molecule has 0 atom stereocenters. The molecule has 1 aliphatic rings. The Labute approximate surface area is 266 Å². The van der Waals surface area contributed by atoms with Crippen LogP contribution in [-0.4, -0.2) is 54.1 Å². The Kier molecular flexibility index (Phi) is 12.1. The van der Waals surface area contributed by atoms with Crippen LogP contribution in [0.1, 0.15) is 70.3 Å². The molecule has 0 unspecified atom stereocenters. The number of carbonyl (C=O) groups is 2. The zero-order valence-electron chi connectivity index (χ0n) is 24.6. The number of ether oxygens (including phenoxy) is 1. The van der Waals surface area contributed by atoms with Crippen molar-refractivity contribution in [2.75, 3.05) is 13.2 Å². The lowest BCUT2D eigenvalue weighted by Crippen LogP contribution is -2.29. The molecule has 0 saturated carbocycles. The van der Waals surface area contributed by atoms with Crippen LogP contribution >= 0.6 is 24.0 Å². The first kappa shape index (κ1) is 32.9. The van der Waals surface area contributed by atoms with Gasteiger partial charge in [0.15, 0.2) is 5.75 Å². The van der Waals surface area contributed by atoms with Gasteiger partial charge in [-0.15, -0.1) is 0 Å². The Morgan fingerprint density at radius 2 is 1.75 bits per heavy atom. The van der Waals surface area contributed by atoms with Crippen LogP contribution in [0, 0.1) is 10.1 Å². The third-order valence-electron chi connectivity index (χ3n) is 7.17. The van der Waals surface area contributed by atoms with Crippen molar-refractivity contribution in [2.24, 2.45) is 0 Å². The van der Waals surface area contributed by atoms with Gasteiger partial charge >= 0.3 is 11.7 Å². The number of nitro benzene ring substituents is 1. The van der Waals surface area contributed by atoms with Crippen LogP contribution in [0.15, 0.2) is 59.6 Å². The van der Waals surface area contributed by atoms with Crippen molar-refractivity contribution in [3.8, 4) is 22.7 Å². The van der Waals surface area contributed by atoms with Gasteiger partial charge in [0.25, 0.3) is 5.91 Å². The smallest absolute Gasteiger partial charge is 0.311 e. The van der Waals surface area contributed by atoms with E-state index in [1.807, 2.05) is 30.3 Å². The fourth-order valence-corrected chi connectivity index (χ4v) is 6.26. The number of carboxylic acids is 1. The number of carbonyl (C=O) groups excluding carboxylic acids is 1. The highest BCUT2D eigenvalue weighted by atomic mass is 32.2. The van der Waals surface area contributed by atoms with Crippen LogP contribution < -0.4 is 4.74 Å². The topological polar surface area (TPSA) is 128 Å². The van der Waals surface area contributed by atoms with Gasteiger partial charge in [-0.1, -0.05) is 80.7 Å². The number of nitrogens with zero attached hydrogens (tertiary/aromatic N) is 4. The van der Waals surface area contributed by atoms with Crippen molar-refractivity contribution in [1.29, 1.82) is 0 Å². The number of hydrogen-bond acceptors (Lipinski definition) is 8. The van der Waals surface area contributed by atoms with Crippen molar-refractivity contribution >= 4 is 51.9 Å². The second kappa shape index (κ2) is 16.2. The van der Waals surface area contributed by atoms with Gasteiger partial charge in [0.05, 0.1) is 22.1 Å². The summed E-state index contributed by atoms with van der Waals surface area (Å²) in [5, 5.41) is 25.3. The van der Waals surface area contributed by atoms with Crippen LogP contribution in [0.3, 0.4) is 0 Å². The van der Waals surface area contributed by atoms with Crippen LogP contribution in [0.2, 0.25) is 0 Å². The van der Waals surface area contributed by atoms with Crippen LogP contribution in [0.5, 0.6) is 5.75 Å². The van der Waals surface area contributed by atoms with Gasteiger partial charge in [0.2, 0.25) is 0 Å². The minimum atomic E-state index is -0.739. The maximum Gasteiger partial charge on any atom is 0.311 e. The summed E-state index contributed by atoms with van der Waals surface area (Å²) in [5.41, 5.74) is 2.30. The molecule has 0 radical (unpaired) electrons. The van der Waals surface area contributed by atoms with E-state index < -0.39 is 10.9 Å². The summed E-state index contributed by atoms with van der Waals surface area (Å²) in [4.78, 5) is 37.4. The van der Waals surface area contributed by atoms with Gasteiger partial charge in [-0.25, -0.2) is 4.68 Å². The van der Waals surface area contributed by atoms with Gasteiger partial charge in [0.1, 0.15) is 10.0 Å². The standard InChI is InChI=1S/C32H36N4O6S2/c1-2-42-27-18-17-23(20-26(27)36(40)41)30-24(22-35(33-30)25-14-10-9-11-15-25)21-28-31(39)34(32(43)44-28)19-13-8-6-4-3-5-7-12-16-29(37)38/h9-11,14-15,17-18,20-22H,2-8,12-13,16,19H2,1H3,(H,37,38)/b28-21-. The molecule has 0 aliphatic carbocycles. The summed E-state index contributed by atoms with van der Waals surface area (Å²) in [6, 6.07) is 14.2. The minimum absolute atomic E-state index is 0.158. The molecule has 12 heteroatoms. The number of para-hydroxylation sites is 1. The van der Waals surface area contributed by atoms with Crippen molar-refractivity contribution in [1.82, 2.24) is 14.7 Å². The summed E-state index contributed by atoms with van der Waals surface area (Å²) >= 11 is 6.80. The summed E-state index contributed by atoms with van der Waals surface area (Å²) in [6.45, 7) is 2.61. The lowest BCUT2D eigenvalue weighted by molar-refractivity contribution is -0.385. The highest BCUT2D eigenvalue weighted by Gasteiger charge is 2.32. The normalized spacial score (nSPS) is 14.0. The number of aromatic nitrogens is 2. The van der Waals surface area contributed by atoms with E-state index in [-0.39, 0.29) is 23.8 Å². The Hall–Kier alpha value is -4.03. The highest BCUT2D eigenvalue weighted by molar-refractivity contribution is 8.26. The molecule has 1 N–H and O–H groups in total. The van der Waals surface area contributed by atoms with Crippen molar-refractivity contribution in [2.45, 2.75) is 64.7 Å². The van der Waals surface area contributed by atoms with E-state index in [0.717, 1.165) is 57.1 Å². The first-order valence-corrected chi connectivity index (χ1v) is 16.0. The van der Waals surface area contributed by atoms with Gasteiger partial charge in [-0.3, -0.25) is 24.6 Å². The molecule has 44 heavy (non-hydrogen) atoms. The molecule has 2 heterocycles. The quantitative estimate of drug-likeness (QED) is 0.0522. The van der Waals surface area contributed by atoms with Crippen molar-refractivity contribution in [3.63, 3.8) is 0 Å². The molecule has 0 spiro atoms. The van der Waals surface area contributed by atoms with Crippen LogP contribution in [0.25, 0.3) is 23.0 Å². The molecule has 1 aliphatic heterocycles. The number of aliphatic carboxylic acids is 1. The van der Waals surface area contributed by atoms with E-state index in [1.54, 1.807) is 40.9 Å². The van der Waals surface area contributed by atoms with Crippen LogP contribution in [-0.2, 0) is 9.59 Å². The molecule has 1 amide bonds. The van der Waals surface area contributed by atoms with E-state index in [0.29, 0.717) is 39.2 Å². The lowest BCUT2D eigenvalue weighted by atomic mass is 10.1. The molecular formula is C32H36N4O6S2. The number of nitro groups is 1. The van der Waals surface area contributed by atoms with E-state index >= 15 is 0 Å². The maximum absolute atomic E-state index is 13.4. The van der Waals surface area contributed by atoms with Gasteiger partial charge < -0.3 is 9.84 Å². The first-order chi connectivity index (χ1) is 21.3. The van der Waals surface area contributed by atoms with Crippen LogP contribution in [0.4, 0.5) is 5.69 Å². The monoisotopic (exact) mass is 636 g/mol. The first-order valence-electron chi connectivity index (χ1n) is 14.8. The predicted octanol–water partition coefficient (Wildman–Crippen LogP) is 7.64. The molecule has 232 valence electrons. The number of thiocarbonyl (C=S) groups is 1. The predicted molar refractivity (Wildman–Crippen MR) is 176 cm³/mol. The zero-order chi connectivity index (χ0) is 31.5. The molecule has 4 rings (SSSR count). The maximum atomic E-state index is 13.4. The molecule has 3 aromatic rings. The summed E-state index contributed by atoms with van der Waals surface area (Å²) in [7, 11) is 0. The number of hydrogen-bond donors (Lipinski definition) is 1. The molecule has 10 nitrogen and oxygen atoms in total. The molecular weight excluding hydrogens is 601 g/mol. The second-order valence-electron chi connectivity index (χ2n) is 10.4. The SMILES string of the molecule is CCOc1ccc(-c2nn(-c3ccccc3)cc2/C=C2\SC(=S)N(CCCCCCCCCCC(=O)O)C2=O)cc1[N+](=O)[O-]. The van der Waals surface area contributed by atoms with Gasteiger partial charge in [0, 0.05) is 36.4 Å². The van der Waals surface area contributed by atoms with E-state index in [1.165, 1.54) is 17.8 Å². The molecule has 0 bridgehead atoms. The number of benzene rings is 2. The minimum Gasteiger partial charge on any atom is -0.487 e. The van der Waals surface area contributed by atoms with Crippen molar-refractivity contribution < 1.29 is 24.4 Å². The number of carboxylic acid groups (broad SMARTS) is 1. The van der Waals surface area contributed by atoms with Crippen molar-refractivity contribution in [3.05, 3.63) is 75.3 Å². The summed E-state index contributed by atoms with van der Waals surface area (Å²) in [5.74, 6) is -0.714. The summed E-state index contributed by atoms with van der Waals surface area (Å²) < 4.78 is 7.65. The summed E-state index contributed by atoms with van der Waals surface area (Å²) in [6.07, 6.45) is 11.6. The van der Waals surface area contributed by atoms with E-state index in [4.69, 9.17) is 27.2 Å². The number of thioether (sulfide) groups is 1. The Balaban J connectivity index is 1.47. The zero-order valence-corrected chi connectivity index (χ0v) is 26.3. The largest absolute Gasteiger partial charge is 0.487 e. The Morgan fingerprint density at radius 1 is 1.07 bits per heavy atom. The molecule has 1 fully saturated rings.